The van der Waals surface area contributed by atoms with Gasteiger partial charge in [-0.15, -0.1) is 0 Å². The van der Waals surface area contributed by atoms with Crippen LogP contribution in [0.15, 0.2) is 4.47 Å². The Hall–Kier alpha value is -0.740. The van der Waals surface area contributed by atoms with Crippen LogP contribution in [0.25, 0.3) is 0 Å². The number of rotatable bonds is 4. The van der Waals surface area contributed by atoms with Gasteiger partial charge >= 0.3 is 0 Å². The van der Waals surface area contributed by atoms with E-state index in [9.17, 15) is 0 Å². The van der Waals surface area contributed by atoms with Gasteiger partial charge in [-0.25, -0.2) is 0 Å². The molecule has 2 aliphatic rings. The maximum Gasteiger partial charge on any atom is 0.138 e. The highest BCUT2D eigenvalue weighted by Gasteiger charge is 2.34. The van der Waals surface area contributed by atoms with Crippen LogP contribution < -0.4 is 14.8 Å². The molecule has 2 atom stereocenters. The van der Waals surface area contributed by atoms with Gasteiger partial charge < -0.3 is 14.8 Å². The number of benzene rings is 1. The van der Waals surface area contributed by atoms with Crippen LogP contribution in [0.4, 0.5) is 0 Å². The van der Waals surface area contributed by atoms with Gasteiger partial charge in [-0.2, -0.15) is 0 Å². The molecule has 20 heavy (non-hydrogen) atoms. The number of hydrogen-bond acceptors (Lipinski definition) is 3. The van der Waals surface area contributed by atoms with Gasteiger partial charge in [0.1, 0.15) is 23.7 Å². The predicted molar refractivity (Wildman–Crippen MR) is 84.0 cm³/mol. The van der Waals surface area contributed by atoms with Crippen molar-refractivity contribution in [3.05, 3.63) is 21.2 Å². The SMILES string of the molecule is CNCCCc1c2c(c(Br)c3c1OC(C)C3)OC(C)C2. The minimum atomic E-state index is 0.268. The summed E-state index contributed by atoms with van der Waals surface area (Å²) in [6.07, 6.45) is 4.69. The Morgan fingerprint density at radius 1 is 1.10 bits per heavy atom. The first-order valence-electron chi connectivity index (χ1n) is 7.45. The van der Waals surface area contributed by atoms with E-state index in [0.717, 1.165) is 48.2 Å². The second-order valence-corrected chi connectivity index (χ2v) is 6.67. The Morgan fingerprint density at radius 2 is 1.75 bits per heavy atom. The van der Waals surface area contributed by atoms with Crippen LogP contribution in [0.2, 0.25) is 0 Å². The summed E-state index contributed by atoms with van der Waals surface area (Å²) in [7, 11) is 2.00. The topological polar surface area (TPSA) is 30.5 Å². The second-order valence-electron chi connectivity index (χ2n) is 5.88. The van der Waals surface area contributed by atoms with Gasteiger partial charge in [-0.05, 0) is 56.2 Å². The Kier molecular flexibility index (Phi) is 3.95. The van der Waals surface area contributed by atoms with E-state index in [1.54, 1.807) is 0 Å². The molecule has 0 aliphatic carbocycles. The molecule has 2 aliphatic heterocycles. The third-order valence-corrected chi connectivity index (χ3v) is 4.96. The van der Waals surface area contributed by atoms with Crippen molar-refractivity contribution in [2.75, 3.05) is 13.6 Å². The van der Waals surface area contributed by atoms with Crippen molar-refractivity contribution in [1.29, 1.82) is 0 Å². The lowest BCUT2D eigenvalue weighted by molar-refractivity contribution is 0.251. The molecule has 1 N–H and O–H groups in total. The second kappa shape index (κ2) is 5.57. The molecule has 0 saturated heterocycles. The Bertz CT molecular complexity index is 491. The number of hydrogen-bond donors (Lipinski definition) is 1. The molecule has 0 saturated carbocycles. The van der Waals surface area contributed by atoms with E-state index in [1.165, 1.54) is 16.7 Å². The summed E-state index contributed by atoms with van der Waals surface area (Å²) >= 11 is 3.74. The molecule has 2 unspecified atom stereocenters. The van der Waals surface area contributed by atoms with E-state index in [-0.39, 0.29) is 12.2 Å². The van der Waals surface area contributed by atoms with Crippen molar-refractivity contribution in [2.24, 2.45) is 0 Å². The first kappa shape index (κ1) is 14.2. The highest BCUT2D eigenvalue weighted by atomic mass is 79.9. The average Bonchev–Trinajstić information content (AvgIpc) is 2.97. The molecule has 2 heterocycles. The van der Waals surface area contributed by atoms with Gasteiger partial charge in [0, 0.05) is 29.5 Å². The lowest BCUT2D eigenvalue weighted by Crippen LogP contribution is -2.10. The van der Waals surface area contributed by atoms with Crippen molar-refractivity contribution in [3.8, 4) is 11.5 Å². The third-order valence-electron chi connectivity index (χ3n) is 4.13. The third kappa shape index (κ3) is 2.33. The maximum atomic E-state index is 6.10. The number of halogens is 1. The summed E-state index contributed by atoms with van der Waals surface area (Å²) < 4.78 is 13.3. The van der Waals surface area contributed by atoms with E-state index in [4.69, 9.17) is 9.47 Å². The maximum absolute atomic E-state index is 6.10. The standard InChI is InChI=1S/C16H22BrNO2/c1-9-7-12-11(5-4-6-18-3)15-13(8-10(2)19-15)14(17)16(12)20-9/h9-10,18H,4-8H2,1-3H3. The molecule has 4 heteroatoms. The Labute approximate surface area is 129 Å². The number of ether oxygens (including phenoxy) is 2. The lowest BCUT2D eigenvalue weighted by Gasteiger charge is -2.15. The molecule has 0 spiro atoms. The van der Waals surface area contributed by atoms with Crippen molar-refractivity contribution < 1.29 is 9.47 Å². The van der Waals surface area contributed by atoms with Crippen molar-refractivity contribution >= 4 is 15.9 Å². The van der Waals surface area contributed by atoms with Gasteiger partial charge in [0.15, 0.2) is 0 Å². The largest absolute Gasteiger partial charge is 0.490 e. The van der Waals surface area contributed by atoms with Crippen LogP contribution in [0.1, 0.15) is 37.0 Å². The van der Waals surface area contributed by atoms with Crippen LogP contribution in [0.5, 0.6) is 11.5 Å². The van der Waals surface area contributed by atoms with Crippen LogP contribution in [-0.2, 0) is 19.3 Å². The zero-order valence-electron chi connectivity index (χ0n) is 12.4. The van der Waals surface area contributed by atoms with Crippen molar-refractivity contribution in [2.45, 2.75) is 51.7 Å². The summed E-state index contributed by atoms with van der Waals surface area (Å²) in [5, 5.41) is 3.22. The van der Waals surface area contributed by atoms with E-state index in [2.05, 4.69) is 35.1 Å². The van der Waals surface area contributed by atoms with Crippen LogP contribution in [0, 0.1) is 0 Å². The molecule has 1 aromatic carbocycles. The summed E-state index contributed by atoms with van der Waals surface area (Å²) in [5.41, 5.74) is 4.03. The first-order chi connectivity index (χ1) is 9.61. The zero-order valence-corrected chi connectivity index (χ0v) is 14.0. The Balaban J connectivity index is 2.03. The fourth-order valence-corrected chi connectivity index (χ4v) is 3.93. The molecule has 1 aromatic rings. The van der Waals surface area contributed by atoms with Gasteiger partial charge in [-0.3, -0.25) is 0 Å². The first-order valence-corrected chi connectivity index (χ1v) is 8.25. The molecule has 110 valence electrons. The fourth-order valence-electron chi connectivity index (χ4n) is 3.26. The molecule has 3 nitrogen and oxygen atoms in total. The lowest BCUT2D eigenvalue weighted by atomic mass is 9.95. The summed E-state index contributed by atoms with van der Waals surface area (Å²) in [5.74, 6) is 2.19. The van der Waals surface area contributed by atoms with Gasteiger partial charge in [0.2, 0.25) is 0 Å². The van der Waals surface area contributed by atoms with E-state index < -0.39 is 0 Å². The zero-order chi connectivity index (χ0) is 14.3. The molecular weight excluding hydrogens is 318 g/mol. The average molecular weight is 340 g/mol. The molecule has 3 rings (SSSR count). The monoisotopic (exact) mass is 339 g/mol. The predicted octanol–water partition coefficient (Wildman–Crippen LogP) is 3.25. The fraction of sp³-hybridized carbons (Fsp3) is 0.625. The molecule has 0 bridgehead atoms. The highest BCUT2D eigenvalue weighted by Crippen LogP contribution is 2.49. The summed E-state index contributed by atoms with van der Waals surface area (Å²) in [4.78, 5) is 0. The van der Waals surface area contributed by atoms with Gasteiger partial charge in [0.25, 0.3) is 0 Å². The van der Waals surface area contributed by atoms with Gasteiger partial charge in [0.05, 0.1) is 4.47 Å². The molecule has 0 fully saturated rings. The van der Waals surface area contributed by atoms with Crippen LogP contribution in [0.3, 0.4) is 0 Å². The van der Waals surface area contributed by atoms with E-state index in [1.807, 2.05) is 7.05 Å². The summed E-state index contributed by atoms with van der Waals surface area (Å²) in [6, 6.07) is 0. The number of nitrogens with one attached hydrogen (secondary N) is 1. The van der Waals surface area contributed by atoms with Crippen LogP contribution in [-0.4, -0.2) is 25.8 Å². The molecular formula is C16H22BrNO2. The highest BCUT2D eigenvalue weighted by molar-refractivity contribution is 9.10. The minimum Gasteiger partial charge on any atom is -0.490 e. The minimum absolute atomic E-state index is 0.268. The van der Waals surface area contributed by atoms with E-state index >= 15 is 0 Å². The van der Waals surface area contributed by atoms with Gasteiger partial charge in [-0.1, -0.05) is 0 Å². The number of fused-ring (bicyclic) bond motifs is 2. The van der Waals surface area contributed by atoms with Crippen molar-refractivity contribution in [3.63, 3.8) is 0 Å². The smallest absolute Gasteiger partial charge is 0.138 e. The molecule has 0 radical (unpaired) electrons. The quantitative estimate of drug-likeness (QED) is 0.854. The van der Waals surface area contributed by atoms with Crippen molar-refractivity contribution in [1.82, 2.24) is 5.32 Å². The van der Waals surface area contributed by atoms with E-state index in [0.29, 0.717) is 0 Å². The Morgan fingerprint density at radius 3 is 2.45 bits per heavy atom. The molecule has 0 amide bonds. The normalized spacial score (nSPS) is 23.2. The van der Waals surface area contributed by atoms with Crippen LogP contribution >= 0.6 is 15.9 Å². The summed E-state index contributed by atoms with van der Waals surface area (Å²) in [6.45, 7) is 5.31. The molecule has 0 aromatic heterocycles.